The summed E-state index contributed by atoms with van der Waals surface area (Å²) in [6, 6.07) is 15.6. The van der Waals surface area contributed by atoms with E-state index in [1.807, 2.05) is 18.2 Å². The van der Waals surface area contributed by atoms with Crippen molar-refractivity contribution in [1.29, 1.82) is 0 Å². The highest BCUT2D eigenvalue weighted by Crippen LogP contribution is 2.11. The van der Waals surface area contributed by atoms with E-state index in [2.05, 4.69) is 16.0 Å². The first-order valence-electron chi connectivity index (χ1n) is 12.3. The fourth-order valence-electron chi connectivity index (χ4n) is 3.12. The van der Waals surface area contributed by atoms with E-state index in [-0.39, 0.29) is 30.8 Å². The Morgan fingerprint density at radius 2 is 1.22 bits per heavy atom. The number of ketones is 1. The van der Waals surface area contributed by atoms with E-state index < -0.39 is 6.09 Å². The molecular weight excluding hydrogens is 478 g/mol. The third kappa shape index (κ3) is 12.7. The number of benzene rings is 2. The quantitative estimate of drug-likeness (QED) is 0.218. The van der Waals surface area contributed by atoms with E-state index >= 15 is 0 Å². The van der Waals surface area contributed by atoms with Crippen LogP contribution in [0.2, 0.25) is 0 Å². The zero-order valence-electron chi connectivity index (χ0n) is 21.1. The van der Waals surface area contributed by atoms with Crippen LogP contribution in [0.3, 0.4) is 0 Å². The van der Waals surface area contributed by atoms with Crippen molar-refractivity contribution in [2.75, 3.05) is 52.7 Å². The second-order valence-corrected chi connectivity index (χ2v) is 8.01. The fourth-order valence-corrected chi connectivity index (χ4v) is 3.12. The molecule has 2 aromatic rings. The lowest BCUT2D eigenvalue weighted by molar-refractivity contribution is -0.119. The van der Waals surface area contributed by atoms with Gasteiger partial charge in [0.2, 0.25) is 5.91 Å². The van der Waals surface area contributed by atoms with Crippen molar-refractivity contribution in [3.05, 3.63) is 71.3 Å². The molecule has 0 unspecified atom stereocenters. The number of hydrogen-bond donors (Lipinski definition) is 3. The van der Waals surface area contributed by atoms with Crippen LogP contribution in [0.15, 0.2) is 54.6 Å². The topological polar surface area (TPSA) is 132 Å². The highest BCUT2D eigenvalue weighted by atomic mass is 16.6. The highest BCUT2D eigenvalue weighted by Gasteiger charge is 2.10. The van der Waals surface area contributed by atoms with Crippen LogP contribution >= 0.6 is 0 Å². The van der Waals surface area contributed by atoms with Crippen molar-refractivity contribution in [3.8, 4) is 0 Å². The van der Waals surface area contributed by atoms with Gasteiger partial charge in [-0.1, -0.05) is 42.5 Å². The van der Waals surface area contributed by atoms with Crippen LogP contribution < -0.4 is 16.0 Å². The summed E-state index contributed by atoms with van der Waals surface area (Å²) in [7, 11) is 0. The molecular formula is C27H35N3O7. The number of rotatable bonds is 17. The Morgan fingerprint density at radius 3 is 1.89 bits per heavy atom. The van der Waals surface area contributed by atoms with Crippen LogP contribution in [-0.4, -0.2) is 76.4 Å². The Kier molecular flexibility index (Phi) is 14.0. The molecule has 3 N–H and O–H groups in total. The molecule has 0 fully saturated rings. The van der Waals surface area contributed by atoms with Crippen molar-refractivity contribution in [2.45, 2.75) is 19.8 Å². The number of ether oxygens (including phenoxy) is 3. The molecule has 0 aliphatic heterocycles. The second-order valence-electron chi connectivity index (χ2n) is 8.01. The van der Waals surface area contributed by atoms with Crippen LogP contribution in [0, 0.1) is 0 Å². The zero-order valence-corrected chi connectivity index (χ0v) is 21.1. The minimum absolute atomic E-state index is 0.0852. The van der Waals surface area contributed by atoms with Crippen molar-refractivity contribution in [3.63, 3.8) is 0 Å². The summed E-state index contributed by atoms with van der Waals surface area (Å²) in [4.78, 5) is 47.0. The summed E-state index contributed by atoms with van der Waals surface area (Å²) < 4.78 is 15.7. The van der Waals surface area contributed by atoms with Gasteiger partial charge in [0, 0.05) is 56.5 Å². The van der Waals surface area contributed by atoms with Crippen LogP contribution in [0.5, 0.6) is 0 Å². The number of hydrogen-bond acceptors (Lipinski definition) is 7. The Morgan fingerprint density at radius 1 is 0.622 bits per heavy atom. The summed E-state index contributed by atoms with van der Waals surface area (Å²) in [5, 5.41) is 8.05. The van der Waals surface area contributed by atoms with Gasteiger partial charge in [-0.25, -0.2) is 4.79 Å². The van der Waals surface area contributed by atoms with Gasteiger partial charge in [0.15, 0.2) is 5.78 Å². The second kappa shape index (κ2) is 17.6. The van der Waals surface area contributed by atoms with Gasteiger partial charge in [-0.2, -0.15) is 0 Å². The summed E-state index contributed by atoms with van der Waals surface area (Å²) in [5.74, 6) is -0.412. The number of alkyl carbamates (subject to hydrolysis) is 1. The van der Waals surface area contributed by atoms with Gasteiger partial charge in [-0.3, -0.25) is 14.4 Å². The van der Waals surface area contributed by atoms with Gasteiger partial charge in [-0.15, -0.1) is 0 Å². The van der Waals surface area contributed by atoms with Crippen molar-refractivity contribution >= 4 is 23.7 Å². The Hall–Kier alpha value is -3.76. The zero-order chi connectivity index (χ0) is 26.7. The molecule has 10 nitrogen and oxygen atoms in total. The smallest absolute Gasteiger partial charge is 0.407 e. The van der Waals surface area contributed by atoms with Crippen LogP contribution in [0.25, 0.3) is 0 Å². The van der Waals surface area contributed by atoms with Gasteiger partial charge < -0.3 is 30.2 Å². The maximum atomic E-state index is 12.4. The maximum Gasteiger partial charge on any atom is 0.407 e. The van der Waals surface area contributed by atoms with Crippen LogP contribution in [-0.2, 0) is 19.0 Å². The summed E-state index contributed by atoms with van der Waals surface area (Å²) in [5.41, 5.74) is 1.62. The molecule has 200 valence electrons. The predicted molar refractivity (Wildman–Crippen MR) is 138 cm³/mol. The Labute approximate surface area is 217 Å². The molecule has 0 radical (unpaired) electrons. The maximum absolute atomic E-state index is 12.4. The highest BCUT2D eigenvalue weighted by molar-refractivity contribution is 6.09. The molecule has 10 heteroatoms. The molecule has 3 amide bonds. The van der Waals surface area contributed by atoms with E-state index in [1.54, 1.807) is 36.4 Å². The molecule has 0 bridgehead atoms. The lowest BCUT2D eigenvalue weighted by Gasteiger charge is -2.09. The molecule has 2 rings (SSSR count). The van der Waals surface area contributed by atoms with E-state index in [9.17, 15) is 19.2 Å². The first-order valence-corrected chi connectivity index (χ1v) is 12.3. The number of nitrogens with one attached hydrogen (secondary N) is 3. The van der Waals surface area contributed by atoms with Crippen LogP contribution in [0.1, 0.15) is 46.0 Å². The van der Waals surface area contributed by atoms with E-state index in [4.69, 9.17) is 14.2 Å². The molecule has 37 heavy (non-hydrogen) atoms. The number of amides is 3. The number of carbonyl (C=O) groups excluding carboxylic acids is 4. The van der Waals surface area contributed by atoms with Gasteiger partial charge in [0.05, 0.1) is 13.2 Å². The molecule has 0 atom stereocenters. The first-order chi connectivity index (χ1) is 18.0. The molecule has 0 spiro atoms. The minimum Gasteiger partial charge on any atom is -0.447 e. The standard InChI is InChI=1S/C27H35N3O7/c1-21(31)28-15-18-36-19-20-37-27(34)30-14-6-17-35-16-5-13-29-26(33)24-11-9-23(10-12-24)25(32)22-7-3-2-4-8-22/h2-4,7-12H,5-6,13-20H2,1H3,(H,28,31)(H,29,33)(H,30,34). The average Bonchev–Trinajstić information content (AvgIpc) is 2.91. The largest absolute Gasteiger partial charge is 0.447 e. The molecule has 0 saturated carbocycles. The summed E-state index contributed by atoms with van der Waals surface area (Å²) in [6.07, 6.45) is 0.752. The van der Waals surface area contributed by atoms with Crippen molar-refractivity contribution in [1.82, 2.24) is 16.0 Å². The van der Waals surface area contributed by atoms with E-state index in [1.165, 1.54) is 6.92 Å². The normalized spacial score (nSPS) is 10.4. The minimum atomic E-state index is -0.523. The number of carbonyl (C=O) groups is 4. The lowest BCUT2D eigenvalue weighted by Crippen LogP contribution is -2.28. The van der Waals surface area contributed by atoms with E-state index in [0.29, 0.717) is 69.0 Å². The Bertz CT molecular complexity index is 981. The molecule has 0 saturated heterocycles. The summed E-state index contributed by atoms with van der Waals surface area (Å²) in [6.45, 7) is 4.41. The van der Waals surface area contributed by atoms with Gasteiger partial charge in [-0.05, 0) is 25.0 Å². The fraction of sp³-hybridized carbons (Fsp3) is 0.407. The molecule has 0 aliphatic rings. The van der Waals surface area contributed by atoms with Crippen molar-refractivity contribution in [2.24, 2.45) is 0 Å². The summed E-state index contributed by atoms with van der Waals surface area (Å²) >= 11 is 0. The monoisotopic (exact) mass is 513 g/mol. The van der Waals surface area contributed by atoms with Gasteiger partial charge in [0.1, 0.15) is 6.61 Å². The predicted octanol–water partition coefficient (Wildman–Crippen LogP) is 2.32. The molecule has 0 aliphatic carbocycles. The first kappa shape index (κ1) is 29.5. The lowest BCUT2D eigenvalue weighted by atomic mass is 10.0. The van der Waals surface area contributed by atoms with Gasteiger partial charge in [0.25, 0.3) is 5.91 Å². The molecule has 2 aromatic carbocycles. The molecule has 0 aromatic heterocycles. The van der Waals surface area contributed by atoms with E-state index in [0.717, 1.165) is 0 Å². The third-order valence-corrected chi connectivity index (χ3v) is 5.01. The Balaban J connectivity index is 1.45. The average molecular weight is 514 g/mol. The van der Waals surface area contributed by atoms with Gasteiger partial charge >= 0.3 is 6.09 Å². The van der Waals surface area contributed by atoms with Crippen LogP contribution in [0.4, 0.5) is 4.79 Å². The third-order valence-electron chi connectivity index (χ3n) is 5.01. The molecule has 0 heterocycles. The van der Waals surface area contributed by atoms with Crippen molar-refractivity contribution < 1.29 is 33.4 Å². The SMILES string of the molecule is CC(=O)NCCOCCOC(=O)NCCCOCCCNC(=O)c1ccc(C(=O)c2ccccc2)cc1.